The van der Waals surface area contributed by atoms with Gasteiger partial charge in [-0.25, -0.2) is 4.79 Å². The number of nitrogens with two attached hydrogens (primary N) is 1. The van der Waals surface area contributed by atoms with Crippen molar-refractivity contribution in [2.75, 3.05) is 14.2 Å². The summed E-state index contributed by atoms with van der Waals surface area (Å²) in [4.78, 5) is 9.37. The highest BCUT2D eigenvalue weighted by Crippen LogP contribution is 2.28. The normalized spacial score (nSPS) is 17.4. The summed E-state index contributed by atoms with van der Waals surface area (Å²) in [6, 6.07) is 9.36. The van der Waals surface area contributed by atoms with Gasteiger partial charge in [0, 0.05) is 6.04 Å². The van der Waals surface area contributed by atoms with Crippen molar-refractivity contribution < 1.29 is 9.53 Å². The molecular formula is C13H20N2O2. The molecule has 3 N–H and O–H groups in total. The first kappa shape index (κ1) is 13.5. The maximum Gasteiger partial charge on any atom is 0.404 e. The molecule has 1 aliphatic rings. The van der Waals surface area contributed by atoms with E-state index in [1.807, 2.05) is 7.05 Å². The van der Waals surface area contributed by atoms with Crippen LogP contribution in [0.5, 0.6) is 0 Å². The summed E-state index contributed by atoms with van der Waals surface area (Å²) in [7, 11) is 3.27. The van der Waals surface area contributed by atoms with Crippen LogP contribution in [0, 0.1) is 0 Å². The summed E-state index contributed by atoms with van der Waals surface area (Å²) in [6.45, 7) is 0. The van der Waals surface area contributed by atoms with E-state index in [4.69, 9.17) is 0 Å². The van der Waals surface area contributed by atoms with Gasteiger partial charge in [-0.15, -0.1) is 0 Å². The SMILES string of the molecule is CNC1CCCc2ccccc21.COC(N)=O. The standard InChI is InChI=1S/C11H15N.C2H5NO2/c1-12-11-8-4-6-9-5-2-3-7-10(9)11;1-5-2(3)4/h2-3,5,7,11-12H,4,6,8H2,1H3;1H3,(H2,3,4). The first-order chi connectivity index (χ1) is 8.19. The average molecular weight is 236 g/mol. The van der Waals surface area contributed by atoms with Gasteiger partial charge in [-0.05, 0) is 37.4 Å². The van der Waals surface area contributed by atoms with E-state index >= 15 is 0 Å². The number of aryl methyl sites for hydroxylation is 1. The molecule has 1 aromatic carbocycles. The molecule has 0 radical (unpaired) electrons. The summed E-state index contributed by atoms with van der Waals surface area (Å²) in [5.41, 5.74) is 7.47. The molecule has 1 amide bonds. The summed E-state index contributed by atoms with van der Waals surface area (Å²) < 4.78 is 3.89. The Morgan fingerprint density at radius 2 is 2.12 bits per heavy atom. The fourth-order valence-corrected chi connectivity index (χ4v) is 2.05. The maximum atomic E-state index is 9.37. The first-order valence-electron chi connectivity index (χ1n) is 5.77. The van der Waals surface area contributed by atoms with Gasteiger partial charge in [0.15, 0.2) is 0 Å². The Kier molecular flexibility index (Phi) is 5.49. The van der Waals surface area contributed by atoms with Gasteiger partial charge in [0.05, 0.1) is 7.11 Å². The number of amides is 1. The second-order valence-electron chi connectivity index (χ2n) is 3.96. The molecule has 0 spiro atoms. The lowest BCUT2D eigenvalue weighted by Gasteiger charge is -2.24. The predicted molar refractivity (Wildman–Crippen MR) is 67.8 cm³/mol. The molecule has 17 heavy (non-hydrogen) atoms. The Morgan fingerprint density at radius 3 is 2.71 bits per heavy atom. The third-order valence-corrected chi connectivity index (χ3v) is 2.92. The monoisotopic (exact) mass is 236 g/mol. The van der Waals surface area contributed by atoms with E-state index in [1.165, 1.54) is 37.5 Å². The van der Waals surface area contributed by atoms with Crippen molar-refractivity contribution in [1.29, 1.82) is 0 Å². The minimum absolute atomic E-state index is 0.593. The molecule has 0 fully saturated rings. The lowest BCUT2D eigenvalue weighted by molar-refractivity contribution is 0.182. The van der Waals surface area contributed by atoms with E-state index in [9.17, 15) is 4.79 Å². The molecule has 1 aliphatic carbocycles. The second kappa shape index (κ2) is 6.91. The smallest absolute Gasteiger partial charge is 0.404 e. The molecule has 0 saturated heterocycles. The van der Waals surface area contributed by atoms with E-state index in [1.54, 1.807) is 0 Å². The van der Waals surface area contributed by atoms with Crippen molar-refractivity contribution in [2.45, 2.75) is 25.3 Å². The third kappa shape index (κ3) is 4.07. The number of ether oxygens (including phenoxy) is 1. The van der Waals surface area contributed by atoms with Gasteiger partial charge in [-0.1, -0.05) is 24.3 Å². The number of nitrogens with one attached hydrogen (secondary N) is 1. The van der Waals surface area contributed by atoms with Gasteiger partial charge < -0.3 is 15.8 Å². The molecule has 4 nitrogen and oxygen atoms in total. The van der Waals surface area contributed by atoms with Crippen LogP contribution in [0.2, 0.25) is 0 Å². The van der Waals surface area contributed by atoms with Crippen LogP contribution in [0.25, 0.3) is 0 Å². The van der Waals surface area contributed by atoms with Crippen LogP contribution >= 0.6 is 0 Å². The van der Waals surface area contributed by atoms with Crippen LogP contribution in [0.3, 0.4) is 0 Å². The van der Waals surface area contributed by atoms with E-state index in [0.29, 0.717) is 6.04 Å². The average Bonchev–Trinajstić information content (AvgIpc) is 2.38. The number of hydrogen-bond acceptors (Lipinski definition) is 3. The molecule has 1 unspecified atom stereocenters. The molecule has 0 saturated carbocycles. The number of rotatable bonds is 1. The molecule has 0 bridgehead atoms. The number of carbonyl (C=O) groups excluding carboxylic acids is 1. The number of benzene rings is 1. The van der Waals surface area contributed by atoms with Gasteiger partial charge in [0.1, 0.15) is 0 Å². The molecule has 1 aromatic rings. The zero-order valence-corrected chi connectivity index (χ0v) is 10.4. The topological polar surface area (TPSA) is 64.3 Å². The van der Waals surface area contributed by atoms with Gasteiger partial charge in [-0.2, -0.15) is 0 Å². The van der Waals surface area contributed by atoms with E-state index in [-0.39, 0.29) is 0 Å². The molecule has 0 aliphatic heterocycles. The Bertz CT molecular complexity index is 366. The minimum atomic E-state index is -0.745. The summed E-state index contributed by atoms with van der Waals surface area (Å²) in [5, 5.41) is 3.36. The van der Waals surface area contributed by atoms with Crippen molar-refractivity contribution >= 4 is 6.09 Å². The van der Waals surface area contributed by atoms with E-state index in [0.717, 1.165) is 0 Å². The fourth-order valence-electron chi connectivity index (χ4n) is 2.05. The quantitative estimate of drug-likeness (QED) is 0.783. The molecule has 2 rings (SSSR count). The van der Waals surface area contributed by atoms with Gasteiger partial charge in [-0.3, -0.25) is 0 Å². The minimum Gasteiger partial charge on any atom is -0.453 e. The van der Waals surface area contributed by atoms with Gasteiger partial charge in [0.2, 0.25) is 0 Å². The zero-order chi connectivity index (χ0) is 12.7. The number of methoxy groups -OCH3 is 1. The Hall–Kier alpha value is -1.55. The third-order valence-electron chi connectivity index (χ3n) is 2.92. The molecule has 4 heteroatoms. The summed E-state index contributed by atoms with van der Waals surface area (Å²) in [6.07, 6.45) is 3.12. The highest BCUT2D eigenvalue weighted by Gasteiger charge is 2.16. The molecular weight excluding hydrogens is 216 g/mol. The van der Waals surface area contributed by atoms with Crippen LogP contribution in [0.15, 0.2) is 24.3 Å². The molecule has 1 atom stereocenters. The van der Waals surface area contributed by atoms with Crippen LogP contribution in [-0.4, -0.2) is 20.3 Å². The van der Waals surface area contributed by atoms with Crippen molar-refractivity contribution in [2.24, 2.45) is 5.73 Å². The van der Waals surface area contributed by atoms with Crippen LogP contribution in [-0.2, 0) is 11.2 Å². The van der Waals surface area contributed by atoms with E-state index in [2.05, 4.69) is 40.1 Å². The maximum absolute atomic E-state index is 9.37. The van der Waals surface area contributed by atoms with Crippen LogP contribution < -0.4 is 11.1 Å². The van der Waals surface area contributed by atoms with Crippen LogP contribution in [0.4, 0.5) is 4.79 Å². The summed E-state index contributed by atoms with van der Waals surface area (Å²) >= 11 is 0. The predicted octanol–water partition coefficient (Wildman–Crippen LogP) is 1.99. The number of primary amides is 1. The fraction of sp³-hybridized carbons (Fsp3) is 0.462. The number of hydrogen-bond donors (Lipinski definition) is 2. The van der Waals surface area contributed by atoms with Gasteiger partial charge >= 0.3 is 6.09 Å². The zero-order valence-electron chi connectivity index (χ0n) is 10.4. The van der Waals surface area contributed by atoms with Gasteiger partial charge in [0.25, 0.3) is 0 Å². The van der Waals surface area contributed by atoms with Crippen LogP contribution in [0.1, 0.15) is 30.0 Å². The number of carbonyl (C=O) groups is 1. The molecule has 94 valence electrons. The van der Waals surface area contributed by atoms with Crippen molar-refractivity contribution in [3.05, 3.63) is 35.4 Å². The Balaban J connectivity index is 0.000000249. The lowest BCUT2D eigenvalue weighted by atomic mass is 9.88. The van der Waals surface area contributed by atoms with Crippen molar-refractivity contribution in [1.82, 2.24) is 5.32 Å². The molecule has 0 aromatic heterocycles. The Labute approximate surface area is 102 Å². The first-order valence-corrected chi connectivity index (χ1v) is 5.77. The molecule has 0 heterocycles. The summed E-state index contributed by atoms with van der Waals surface area (Å²) in [5.74, 6) is 0. The largest absolute Gasteiger partial charge is 0.453 e. The lowest BCUT2D eigenvalue weighted by Crippen LogP contribution is -2.21. The highest BCUT2D eigenvalue weighted by molar-refractivity contribution is 5.64. The van der Waals surface area contributed by atoms with Crippen molar-refractivity contribution in [3.63, 3.8) is 0 Å². The number of fused-ring (bicyclic) bond motifs is 1. The Morgan fingerprint density at radius 1 is 1.47 bits per heavy atom. The van der Waals surface area contributed by atoms with E-state index < -0.39 is 6.09 Å². The van der Waals surface area contributed by atoms with Crippen molar-refractivity contribution in [3.8, 4) is 0 Å². The highest BCUT2D eigenvalue weighted by atomic mass is 16.5. The second-order valence-corrected chi connectivity index (χ2v) is 3.96.